The Morgan fingerprint density at radius 3 is 2.26 bits per heavy atom. The van der Waals surface area contributed by atoms with Gasteiger partial charge in [0.15, 0.2) is 11.5 Å². The van der Waals surface area contributed by atoms with Crippen molar-refractivity contribution >= 4 is 11.6 Å². The fourth-order valence-electron chi connectivity index (χ4n) is 4.27. The van der Waals surface area contributed by atoms with Gasteiger partial charge in [-0.3, -0.25) is 4.90 Å². The topological polar surface area (TPSA) is 82.9 Å². The number of benzene rings is 1. The van der Waals surface area contributed by atoms with Gasteiger partial charge in [-0.25, -0.2) is 4.98 Å². The molecule has 1 aromatic carbocycles. The summed E-state index contributed by atoms with van der Waals surface area (Å²) in [6, 6.07) is 3.64. The fourth-order valence-corrected chi connectivity index (χ4v) is 4.27. The van der Waals surface area contributed by atoms with Crippen LogP contribution in [0.5, 0.6) is 17.2 Å². The lowest BCUT2D eigenvalue weighted by molar-refractivity contribution is -0.0402. The minimum atomic E-state index is -0.0388. The van der Waals surface area contributed by atoms with E-state index >= 15 is 0 Å². The summed E-state index contributed by atoms with van der Waals surface area (Å²) in [5.41, 5.74) is 4.13. The van der Waals surface area contributed by atoms with E-state index in [1.807, 2.05) is 25.3 Å². The molecule has 0 amide bonds. The average molecular weight is 522 g/mol. The minimum absolute atomic E-state index is 0.0388. The molecular formula is C29H39N5O4. The number of aromatic nitrogens is 3. The predicted molar refractivity (Wildman–Crippen MR) is 149 cm³/mol. The maximum absolute atomic E-state index is 6.06. The molecule has 0 bridgehead atoms. The third-order valence-corrected chi connectivity index (χ3v) is 6.71. The van der Waals surface area contributed by atoms with Crippen molar-refractivity contribution in [3.05, 3.63) is 59.8 Å². The molecule has 0 unspecified atom stereocenters. The molecule has 3 aromatic rings. The van der Waals surface area contributed by atoms with Gasteiger partial charge in [0, 0.05) is 67.0 Å². The highest BCUT2D eigenvalue weighted by Gasteiger charge is 2.31. The van der Waals surface area contributed by atoms with Gasteiger partial charge in [-0.05, 0) is 25.0 Å². The van der Waals surface area contributed by atoms with Crippen LogP contribution < -0.4 is 19.5 Å². The van der Waals surface area contributed by atoms with Gasteiger partial charge in [0.25, 0.3) is 0 Å². The lowest BCUT2D eigenvalue weighted by atomic mass is 9.94. The van der Waals surface area contributed by atoms with Crippen LogP contribution in [-0.4, -0.2) is 60.0 Å². The highest BCUT2D eigenvalue weighted by Crippen LogP contribution is 2.40. The maximum atomic E-state index is 6.06. The third kappa shape index (κ3) is 5.88. The number of aryl methyl sites for hydroxylation is 2. The van der Waals surface area contributed by atoms with Crippen LogP contribution in [0.1, 0.15) is 37.5 Å². The second-order valence-corrected chi connectivity index (χ2v) is 10.7. The number of allylic oxidation sites excluding steroid dienone is 1. The molecule has 204 valence electrons. The molecule has 9 heteroatoms. The molecule has 0 atom stereocenters. The normalized spacial score (nSPS) is 14.1. The molecule has 1 aliphatic rings. The molecule has 1 aliphatic heterocycles. The van der Waals surface area contributed by atoms with E-state index in [-0.39, 0.29) is 11.5 Å². The first-order valence-electron chi connectivity index (χ1n) is 12.7. The highest BCUT2D eigenvalue weighted by molar-refractivity contribution is 5.66. The third-order valence-electron chi connectivity index (χ3n) is 6.71. The first-order chi connectivity index (χ1) is 18.0. The molecule has 1 fully saturated rings. The zero-order valence-electron chi connectivity index (χ0n) is 23.7. The standard InChI is InChI=1S/C29H39N5O4/c1-18-12-30-28(31-22-10-24(35-7)26(37-9)25(11-22)36-8)32-27(18)34-13-19(2)21(15-34)14-33-16-23(17-33)38-20(3)29(4,5)6/h10-13,15,23H,3,14,16-17H2,1-2,4-9H3,(H,30,31,32). The van der Waals surface area contributed by atoms with E-state index in [1.54, 1.807) is 21.3 Å². The molecule has 0 spiro atoms. The number of likely N-dealkylation sites (tertiary alicyclic amines) is 1. The zero-order valence-corrected chi connectivity index (χ0v) is 23.7. The van der Waals surface area contributed by atoms with Crippen LogP contribution in [0.4, 0.5) is 11.6 Å². The molecular weight excluding hydrogens is 482 g/mol. The van der Waals surface area contributed by atoms with Gasteiger partial charge in [0.1, 0.15) is 11.9 Å². The largest absolute Gasteiger partial charge is 0.493 e. The SMILES string of the molecule is C=C(OC1CN(Cc2cn(-c3nc(Nc4cc(OC)c(OC)c(OC)c4)ncc3C)cc2C)C1)C(C)(C)C. The molecule has 38 heavy (non-hydrogen) atoms. The smallest absolute Gasteiger partial charge is 0.229 e. The molecule has 0 saturated carbocycles. The van der Waals surface area contributed by atoms with E-state index in [9.17, 15) is 0 Å². The van der Waals surface area contributed by atoms with Crippen molar-refractivity contribution < 1.29 is 18.9 Å². The van der Waals surface area contributed by atoms with Crippen molar-refractivity contribution in [2.24, 2.45) is 5.41 Å². The van der Waals surface area contributed by atoms with Crippen LogP contribution in [0.15, 0.2) is 43.1 Å². The Labute approximate surface area is 225 Å². The number of nitrogens with one attached hydrogen (secondary N) is 1. The lowest BCUT2D eigenvalue weighted by Gasteiger charge is -2.41. The Morgan fingerprint density at radius 1 is 1.03 bits per heavy atom. The number of methoxy groups -OCH3 is 3. The summed E-state index contributed by atoms with van der Waals surface area (Å²) in [7, 11) is 4.75. The van der Waals surface area contributed by atoms with E-state index in [0.717, 1.165) is 42.5 Å². The van der Waals surface area contributed by atoms with Crippen LogP contribution in [0.3, 0.4) is 0 Å². The van der Waals surface area contributed by atoms with Gasteiger partial charge in [0.2, 0.25) is 11.7 Å². The molecule has 9 nitrogen and oxygen atoms in total. The molecule has 4 rings (SSSR count). The summed E-state index contributed by atoms with van der Waals surface area (Å²) in [5.74, 6) is 3.76. The number of nitrogens with zero attached hydrogens (tertiary/aromatic N) is 4. The van der Waals surface area contributed by atoms with Crippen LogP contribution in [0, 0.1) is 19.3 Å². The monoisotopic (exact) mass is 521 g/mol. The van der Waals surface area contributed by atoms with E-state index in [4.69, 9.17) is 23.9 Å². The summed E-state index contributed by atoms with van der Waals surface area (Å²) in [6.07, 6.45) is 6.29. The second-order valence-electron chi connectivity index (χ2n) is 10.7. The molecule has 3 heterocycles. The van der Waals surface area contributed by atoms with Crippen molar-refractivity contribution in [1.29, 1.82) is 0 Å². The van der Waals surface area contributed by atoms with Crippen molar-refractivity contribution in [2.45, 2.75) is 47.3 Å². The summed E-state index contributed by atoms with van der Waals surface area (Å²) < 4.78 is 24.5. The Kier molecular flexibility index (Phi) is 7.87. The van der Waals surface area contributed by atoms with Crippen molar-refractivity contribution in [2.75, 3.05) is 39.7 Å². The van der Waals surface area contributed by atoms with Crippen molar-refractivity contribution in [3.8, 4) is 23.1 Å². The maximum Gasteiger partial charge on any atom is 0.229 e. The van der Waals surface area contributed by atoms with Gasteiger partial charge < -0.3 is 28.8 Å². The lowest BCUT2D eigenvalue weighted by Crippen LogP contribution is -2.51. The molecule has 1 N–H and O–H groups in total. The summed E-state index contributed by atoms with van der Waals surface area (Å²) in [5, 5.41) is 3.26. The Balaban J connectivity index is 1.47. The van der Waals surface area contributed by atoms with Gasteiger partial charge in [-0.15, -0.1) is 0 Å². The first-order valence-corrected chi connectivity index (χ1v) is 12.7. The first kappa shape index (κ1) is 27.3. The van der Waals surface area contributed by atoms with Gasteiger partial charge in [-0.1, -0.05) is 27.4 Å². The number of anilines is 2. The quantitative estimate of drug-likeness (QED) is 0.355. The fraction of sp³-hybridized carbons (Fsp3) is 0.448. The van der Waals surface area contributed by atoms with Crippen molar-refractivity contribution in [1.82, 2.24) is 19.4 Å². The van der Waals surface area contributed by atoms with Crippen molar-refractivity contribution in [3.63, 3.8) is 0 Å². The highest BCUT2D eigenvalue weighted by atomic mass is 16.5. The molecule has 1 saturated heterocycles. The van der Waals surface area contributed by atoms with E-state index in [1.165, 1.54) is 11.1 Å². The molecule has 0 radical (unpaired) electrons. The molecule has 2 aromatic heterocycles. The van der Waals surface area contributed by atoms with E-state index in [0.29, 0.717) is 23.2 Å². The number of rotatable bonds is 10. The average Bonchev–Trinajstić information content (AvgIpc) is 3.22. The number of ether oxygens (including phenoxy) is 4. The summed E-state index contributed by atoms with van der Waals surface area (Å²) in [4.78, 5) is 11.7. The van der Waals surface area contributed by atoms with Crippen LogP contribution in [-0.2, 0) is 11.3 Å². The van der Waals surface area contributed by atoms with E-state index in [2.05, 4.69) is 66.4 Å². The minimum Gasteiger partial charge on any atom is -0.493 e. The van der Waals surface area contributed by atoms with Gasteiger partial charge in [0.05, 0.1) is 27.1 Å². The summed E-state index contributed by atoms with van der Waals surface area (Å²) in [6.45, 7) is 17.3. The van der Waals surface area contributed by atoms with Crippen LogP contribution in [0.2, 0.25) is 0 Å². The number of hydrogen-bond donors (Lipinski definition) is 1. The predicted octanol–water partition coefficient (Wildman–Crippen LogP) is 5.41. The second kappa shape index (κ2) is 10.9. The van der Waals surface area contributed by atoms with E-state index < -0.39 is 0 Å². The van der Waals surface area contributed by atoms with Gasteiger partial charge >= 0.3 is 0 Å². The van der Waals surface area contributed by atoms with Gasteiger partial charge in [-0.2, -0.15) is 4.98 Å². The Morgan fingerprint density at radius 2 is 1.68 bits per heavy atom. The number of hydrogen-bond acceptors (Lipinski definition) is 8. The summed E-state index contributed by atoms with van der Waals surface area (Å²) >= 11 is 0. The zero-order chi connectivity index (χ0) is 27.6. The Bertz CT molecular complexity index is 1280. The Hall–Kier alpha value is -3.72. The van der Waals surface area contributed by atoms with Crippen LogP contribution in [0.25, 0.3) is 5.82 Å². The van der Waals surface area contributed by atoms with Crippen LogP contribution >= 0.6 is 0 Å². The molecule has 0 aliphatic carbocycles.